The minimum absolute atomic E-state index is 0.166. The summed E-state index contributed by atoms with van der Waals surface area (Å²) in [5, 5.41) is 0. The monoisotopic (exact) mass is 266 g/mol. The first-order chi connectivity index (χ1) is 7.85. The molecule has 0 aromatic rings. The van der Waals surface area contributed by atoms with Gasteiger partial charge >= 0.3 is 5.97 Å². The Morgan fingerprint density at radius 1 is 1.47 bits per heavy atom. The summed E-state index contributed by atoms with van der Waals surface area (Å²) in [4.78, 5) is 11.8. The fourth-order valence-corrected chi connectivity index (χ4v) is 3.45. The van der Waals surface area contributed by atoms with E-state index in [1.165, 1.54) is 18.9 Å². The van der Waals surface area contributed by atoms with Crippen molar-refractivity contribution in [2.24, 2.45) is 11.3 Å². The fraction of sp³-hybridized carbons (Fsp3) is 0.917. The average molecular weight is 266 g/mol. The summed E-state index contributed by atoms with van der Waals surface area (Å²) >= 11 is 1.42. The van der Waals surface area contributed by atoms with Crippen molar-refractivity contribution in [3.63, 3.8) is 0 Å². The molecule has 0 radical (unpaired) electrons. The van der Waals surface area contributed by atoms with Gasteiger partial charge in [0.05, 0.1) is 7.11 Å². The van der Waals surface area contributed by atoms with E-state index >= 15 is 0 Å². The van der Waals surface area contributed by atoms with E-state index in [-0.39, 0.29) is 18.6 Å². The molecule has 0 aromatic carbocycles. The first-order valence-corrected chi connectivity index (χ1v) is 7.05. The van der Waals surface area contributed by atoms with Crippen LogP contribution in [0, 0.1) is 11.3 Å². The average Bonchev–Trinajstić information content (AvgIpc) is 2.26. The Morgan fingerprint density at radius 2 is 2.12 bits per heavy atom. The van der Waals surface area contributed by atoms with Crippen molar-refractivity contribution in [2.75, 3.05) is 18.6 Å². The van der Waals surface area contributed by atoms with Crippen molar-refractivity contribution in [2.45, 2.75) is 39.0 Å². The molecule has 1 unspecified atom stereocenters. The number of hydrogen-bond acceptors (Lipinski definition) is 3. The Labute approximate surface area is 105 Å². The molecule has 1 fully saturated rings. The van der Waals surface area contributed by atoms with E-state index in [2.05, 4.69) is 4.74 Å². The molecule has 17 heavy (non-hydrogen) atoms. The third-order valence-corrected chi connectivity index (χ3v) is 4.52. The first-order valence-electron chi connectivity index (χ1n) is 5.90. The Morgan fingerprint density at radius 3 is 2.59 bits per heavy atom. The number of rotatable bonds is 4. The van der Waals surface area contributed by atoms with E-state index in [1.807, 2.05) is 13.8 Å². The maximum absolute atomic E-state index is 14.1. The lowest BCUT2D eigenvalue weighted by molar-refractivity contribution is -0.182. The quantitative estimate of drug-likeness (QED) is 0.730. The summed E-state index contributed by atoms with van der Waals surface area (Å²) in [5.74, 6) is -2.82. The summed E-state index contributed by atoms with van der Waals surface area (Å²) in [6.07, 6.45) is 0.591. The minimum Gasteiger partial charge on any atom is -0.468 e. The van der Waals surface area contributed by atoms with Crippen LogP contribution in [-0.2, 0) is 9.53 Å². The summed E-state index contributed by atoms with van der Waals surface area (Å²) in [7, 11) is 1.19. The fourth-order valence-electron chi connectivity index (χ4n) is 2.09. The lowest BCUT2D eigenvalue weighted by Gasteiger charge is -2.41. The number of alkyl halides is 2. The van der Waals surface area contributed by atoms with E-state index in [0.29, 0.717) is 18.1 Å². The molecule has 0 aromatic heterocycles. The first kappa shape index (κ1) is 14.7. The zero-order chi connectivity index (χ0) is 13.1. The van der Waals surface area contributed by atoms with Crippen molar-refractivity contribution in [3.05, 3.63) is 0 Å². The van der Waals surface area contributed by atoms with Gasteiger partial charge in [0.25, 0.3) is 5.92 Å². The van der Waals surface area contributed by atoms with Gasteiger partial charge in [0, 0.05) is 12.2 Å². The molecule has 0 saturated carbocycles. The standard InChI is InChI=1S/C12H20F2O2S/c1-9(2)4-5-11(10(15)16-3)8-17-7-6-12(11,13)14/h9H,4-8H2,1-3H3. The Kier molecular flexibility index (Phi) is 4.81. The zero-order valence-electron chi connectivity index (χ0n) is 10.6. The lowest BCUT2D eigenvalue weighted by atomic mass is 9.76. The number of hydrogen-bond donors (Lipinski definition) is 0. The van der Waals surface area contributed by atoms with Crippen molar-refractivity contribution >= 4 is 17.7 Å². The van der Waals surface area contributed by atoms with Gasteiger partial charge < -0.3 is 4.74 Å². The summed E-state index contributed by atoms with van der Waals surface area (Å²) < 4.78 is 32.8. The Hall–Kier alpha value is -0.320. The van der Waals surface area contributed by atoms with Gasteiger partial charge in [-0.25, -0.2) is 8.78 Å². The second-order valence-electron chi connectivity index (χ2n) is 5.01. The van der Waals surface area contributed by atoms with E-state index in [0.717, 1.165) is 0 Å². The highest BCUT2D eigenvalue weighted by Crippen LogP contribution is 2.50. The maximum Gasteiger partial charge on any atom is 0.318 e. The van der Waals surface area contributed by atoms with Crippen molar-refractivity contribution in [1.82, 2.24) is 0 Å². The van der Waals surface area contributed by atoms with Gasteiger partial charge in [-0.3, -0.25) is 4.79 Å². The molecule has 0 N–H and O–H groups in total. The highest BCUT2D eigenvalue weighted by molar-refractivity contribution is 7.99. The Bertz CT molecular complexity index is 282. The largest absolute Gasteiger partial charge is 0.468 e. The van der Waals surface area contributed by atoms with Crippen LogP contribution in [0.25, 0.3) is 0 Å². The predicted molar refractivity (Wildman–Crippen MR) is 65.4 cm³/mol. The van der Waals surface area contributed by atoms with Crippen LogP contribution in [-0.4, -0.2) is 30.5 Å². The van der Waals surface area contributed by atoms with Crippen molar-refractivity contribution < 1.29 is 18.3 Å². The summed E-state index contributed by atoms with van der Waals surface area (Å²) in [5.41, 5.74) is -1.62. The minimum atomic E-state index is -2.94. The molecular formula is C12H20F2O2S. The van der Waals surface area contributed by atoms with Crippen molar-refractivity contribution in [3.8, 4) is 0 Å². The number of carbonyl (C=O) groups is 1. The van der Waals surface area contributed by atoms with Crippen LogP contribution in [0.1, 0.15) is 33.1 Å². The molecule has 1 saturated heterocycles. The van der Waals surface area contributed by atoms with Crippen LogP contribution in [0.2, 0.25) is 0 Å². The van der Waals surface area contributed by atoms with Gasteiger partial charge in [0.2, 0.25) is 0 Å². The zero-order valence-corrected chi connectivity index (χ0v) is 11.4. The number of carbonyl (C=O) groups excluding carboxylic acids is 1. The van der Waals surface area contributed by atoms with Crippen LogP contribution in [0.5, 0.6) is 0 Å². The highest BCUT2D eigenvalue weighted by Gasteiger charge is 2.60. The van der Waals surface area contributed by atoms with Gasteiger partial charge in [-0.05, 0) is 24.5 Å². The molecule has 0 bridgehead atoms. The van der Waals surface area contributed by atoms with E-state index in [9.17, 15) is 13.6 Å². The molecule has 0 aliphatic carbocycles. The lowest BCUT2D eigenvalue weighted by Crippen LogP contribution is -2.53. The third kappa shape index (κ3) is 2.92. The number of halogens is 2. The van der Waals surface area contributed by atoms with Gasteiger partial charge in [-0.1, -0.05) is 13.8 Å². The molecule has 1 heterocycles. The SMILES string of the molecule is COC(=O)C1(CCC(C)C)CSCCC1(F)F. The smallest absolute Gasteiger partial charge is 0.318 e. The molecule has 1 aliphatic rings. The molecule has 100 valence electrons. The van der Waals surface area contributed by atoms with Gasteiger partial charge in [0.15, 0.2) is 0 Å². The van der Waals surface area contributed by atoms with Crippen LogP contribution >= 0.6 is 11.8 Å². The highest BCUT2D eigenvalue weighted by atomic mass is 32.2. The molecular weight excluding hydrogens is 246 g/mol. The molecule has 1 aliphatic heterocycles. The number of thioether (sulfide) groups is 1. The summed E-state index contributed by atoms with van der Waals surface area (Å²) in [6, 6.07) is 0. The molecule has 5 heteroatoms. The van der Waals surface area contributed by atoms with Crippen LogP contribution in [0.3, 0.4) is 0 Å². The molecule has 0 spiro atoms. The van der Waals surface area contributed by atoms with Gasteiger partial charge in [0.1, 0.15) is 5.41 Å². The molecule has 1 rings (SSSR count). The van der Waals surface area contributed by atoms with Crippen LogP contribution in [0.15, 0.2) is 0 Å². The second-order valence-corrected chi connectivity index (χ2v) is 6.12. The summed E-state index contributed by atoms with van der Waals surface area (Å²) in [6.45, 7) is 3.94. The molecule has 2 nitrogen and oxygen atoms in total. The van der Waals surface area contributed by atoms with E-state index < -0.39 is 17.3 Å². The van der Waals surface area contributed by atoms with E-state index in [1.54, 1.807) is 0 Å². The van der Waals surface area contributed by atoms with Crippen LogP contribution < -0.4 is 0 Å². The number of methoxy groups -OCH3 is 1. The number of ether oxygens (including phenoxy) is 1. The van der Waals surface area contributed by atoms with Gasteiger partial charge in [-0.2, -0.15) is 11.8 Å². The Balaban J connectivity index is 2.94. The van der Waals surface area contributed by atoms with Gasteiger partial charge in [-0.15, -0.1) is 0 Å². The molecule has 1 atom stereocenters. The predicted octanol–water partition coefficient (Wildman–Crippen LogP) is 3.35. The number of esters is 1. The second kappa shape index (κ2) is 5.55. The topological polar surface area (TPSA) is 26.3 Å². The molecule has 0 amide bonds. The van der Waals surface area contributed by atoms with Crippen LogP contribution in [0.4, 0.5) is 8.78 Å². The van der Waals surface area contributed by atoms with Crippen molar-refractivity contribution in [1.29, 1.82) is 0 Å². The third-order valence-electron chi connectivity index (χ3n) is 3.33. The maximum atomic E-state index is 14.1. The normalized spacial score (nSPS) is 28.1. The van der Waals surface area contributed by atoms with E-state index in [4.69, 9.17) is 0 Å².